The van der Waals surface area contributed by atoms with E-state index in [1.165, 1.54) is 0 Å². The number of aromatic nitrogens is 2. The van der Waals surface area contributed by atoms with Crippen molar-refractivity contribution < 1.29 is 9.47 Å². The van der Waals surface area contributed by atoms with Gasteiger partial charge >= 0.3 is 0 Å². The van der Waals surface area contributed by atoms with E-state index in [4.69, 9.17) is 9.47 Å². The third-order valence-electron chi connectivity index (χ3n) is 2.78. The monoisotopic (exact) mass is 267 g/mol. The van der Waals surface area contributed by atoms with Gasteiger partial charge in [0.25, 0.3) is 0 Å². The van der Waals surface area contributed by atoms with Gasteiger partial charge in [0, 0.05) is 33.5 Å². The van der Waals surface area contributed by atoms with Crippen molar-refractivity contribution in [2.45, 2.75) is 33.4 Å². The second-order valence-corrected chi connectivity index (χ2v) is 5.56. The van der Waals surface area contributed by atoms with E-state index < -0.39 is 0 Å². The van der Waals surface area contributed by atoms with Crippen molar-refractivity contribution in [2.75, 3.05) is 27.4 Å². The standard InChI is InChI=1S/C14H25N3O2/c1-14(2,3)12(19-5)13-16-7-6-11(17-13)10-15-8-9-18-4/h6-7,12,15H,8-10H2,1-5H3. The molecule has 108 valence electrons. The van der Waals surface area contributed by atoms with Gasteiger partial charge in [0.2, 0.25) is 0 Å². The Hall–Kier alpha value is -1.04. The number of ether oxygens (including phenoxy) is 2. The van der Waals surface area contributed by atoms with Crippen LogP contribution in [0.5, 0.6) is 0 Å². The van der Waals surface area contributed by atoms with Crippen molar-refractivity contribution in [2.24, 2.45) is 5.41 Å². The SMILES string of the molecule is COCCNCc1ccnc(C(OC)C(C)(C)C)n1. The number of rotatable bonds is 7. The van der Waals surface area contributed by atoms with Crippen molar-refractivity contribution in [3.8, 4) is 0 Å². The van der Waals surface area contributed by atoms with Crippen LogP contribution in [0.1, 0.15) is 38.4 Å². The highest BCUT2D eigenvalue weighted by Gasteiger charge is 2.28. The van der Waals surface area contributed by atoms with E-state index in [1.54, 1.807) is 20.4 Å². The van der Waals surface area contributed by atoms with Gasteiger partial charge in [-0.1, -0.05) is 20.8 Å². The van der Waals surface area contributed by atoms with Crippen LogP contribution < -0.4 is 5.32 Å². The normalized spacial score (nSPS) is 13.5. The fourth-order valence-electron chi connectivity index (χ4n) is 1.87. The van der Waals surface area contributed by atoms with E-state index in [0.29, 0.717) is 13.2 Å². The molecule has 1 N–H and O–H groups in total. The Bertz CT molecular complexity index is 377. The first kappa shape index (κ1) is 16.0. The van der Waals surface area contributed by atoms with Gasteiger partial charge in [-0.3, -0.25) is 0 Å². The Morgan fingerprint density at radius 3 is 2.63 bits per heavy atom. The second kappa shape index (κ2) is 7.53. The van der Waals surface area contributed by atoms with Gasteiger partial charge in [-0.05, 0) is 11.5 Å². The Kier molecular flexibility index (Phi) is 6.34. The van der Waals surface area contributed by atoms with Crippen LogP contribution in [0, 0.1) is 5.41 Å². The van der Waals surface area contributed by atoms with E-state index in [1.807, 2.05) is 6.07 Å². The third-order valence-corrected chi connectivity index (χ3v) is 2.78. The predicted octanol–water partition coefficient (Wildman–Crippen LogP) is 1.95. The van der Waals surface area contributed by atoms with Crippen LogP contribution in [-0.4, -0.2) is 37.3 Å². The quantitative estimate of drug-likeness (QED) is 0.765. The molecule has 1 unspecified atom stereocenters. The molecule has 1 aromatic heterocycles. The zero-order valence-electron chi connectivity index (χ0n) is 12.6. The molecule has 0 aliphatic rings. The smallest absolute Gasteiger partial charge is 0.157 e. The average Bonchev–Trinajstić information content (AvgIpc) is 2.34. The molecule has 0 spiro atoms. The van der Waals surface area contributed by atoms with Crippen LogP contribution in [0.3, 0.4) is 0 Å². The van der Waals surface area contributed by atoms with Crippen LogP contribution in [0.4, 0.5) is 0 Å². The first-order valence-corrected chi connectivity index (χ1v) is 6.53. The van der Waals surface area contributed by atoms with Crippen molar-refractivity contribution in [3.63, 3.8) is 0 Å². The lowest BCUT2D eigenvalue weighted by atomic mass is 9.88. The Balaban J connectivity index is 2.70. The van der Waals surface area contributed by atoms with E-state index in [2.05, 4.69) is 36.1 Å². The van der Waals surface area contributed by atoms with Crippen molar-refractivity contribution in [1.29, 1.82) is 0 Å². The number of hydrogen-bond donors (Lipinski definition) is 1. The maximum atomic E-state index is 5.53. The molecule has 5 heteroatoms. The van der Waals surface area contributed by atoms with E-state index in [9.17, 15) is 0 Å². The van der Waals surface area contributed by atoms with Crippen molar-refractivity contribution in [3.05, 3.63) is 23.8 Å². The van der Waals surface area contributed by atoms with Gasteiger partial charge in [0.05, 0.1) is 12.3 Å². The van der Waals surface area contributed by atoms with Gasteiger partial charge in [0.1, 0.15) is 6.10 Å². The highest BCUT2D eigenvalue weighted by atomic mass is 16.5. The van der Waals surface area contributed by atoms with Crippen LogP contribution in [-0.2, 0) is 16.0 Å². The molecule has 1 rings (SSSR count). The highest BCUT2D eigenvalue weighted by Crippen LogP contribution is 2.33. The van der Waals surface area contributed by atoms with Gasteiger partial charge in [0.15, 0.2) is 5.82 Å². The second-order valence-electron chi connectivity index (χ2n) is 5.56. The fraction of sp³-hybridized carbons (Fsp3) is 0.714. The van der Waals surface area contributed by atoms with Crippen LogP contribution in [0.15, 0.2) is 12.3 Å². The molecule has 5 nitrogen and oxygen atoms in total. The molecule has 0 radical (unpaired) electrons. The lowest BCUT2D eigenvalue weighted by molar-refractivity contribution is 0.00848. The van der Waals surface area contributed by atoms with Gasteiger partial charge in [-0.25, -0.2) is 9.97 Å². The topological polar surface area (TPSA) is 56.3 Å². The van der Waals surface area contributed by atoms with E-state index in [0.717, 1.165) is 18.1 Å². The van der Waals surface area contributed by atoms with Crippen LogP contribution in [0.25, 0.3) is 0 Å². The van der Waals surface area contributed by atoms with E-state index >= 15 is 0 Å². The Morgan fingerprint density at radius 2 is 2.05 bits per heavy atom. The molecule has 1 atom stereocenters. The summed E-state index contributed by atoms with van der Waals surface area (Å²) >= 11 is 0. The maximum Gasteiger partial charge on any atom is 0.157 e. The summed E-state index contributed by atoms with van der Waals surface area (Å²) in [5.74, 6) is 0.737. The van der Waals surface area contributed by atoms with Gasteiger partial charge in [-0.2, -0.15) is 0 Å². The summed E-state index contributed by atoms with van der Waals surface area (Å²) in [5, 5.41) is 3.27. The summed E-state index contributed by atoms with van der Waals surface area (Å²) in [7, 11) is 3.39. The summed E-state index contributed by atoms with van der Waals surface area (Å²) in [6, 6.07) is 1.92. The highest BCUT2D eigenvalue weighted by molar-refractivity contribution is 5.06. The maximum absolute atomic E-state index is 5.53. The molecule has 19 heavy (non-hydrogen) atoms. The van der Waals surface area contributed by atoms with Gasteiger partial charge < -0.3 is 14.8 Å². The summed E-state index contributed by atoms with van der Waals surface area (Å²) < 4.78 is 10.5. The van der Waals surface area contributed by atoms with E-state index in [-0.39, 0.29) is 11.5 Å². The summed E-state index contributed by atoms with van der Waals surface area (Å²) in [6.45, 7) is 8.57. The summed E-state index contributed by atoms with van der Waals surface area (Å²) in [6.07, 6.45) is 1.68. The fourth-order valence-corrected chi connectivity index (χ4v) is 1.87. The molecule has 0 fully saturated rings. The molecular weight excluding hydrogens is 242 g/mol. The molecule has 0 saturated heterocycles. The summed E-state index contributed by atoms with van der Waals surface area (Å²) in [4.78, 5) is 8.90. The lowest BCUT2D eigenvalue weighted by Crippen LogP contribution is -2.24. The van der Waals surface area contributed by atoms with Gasteiger partial charge in [-0.15, -0.1) is 0 Å². The minimum absolute atomic E-state index is 0.0309. The molecule has 1 aromatic rings. The molecule has 1 heterocycles. The molecule has 0 aliphatic heterocycles. The summed E-state index contributed by atoms with van der Waals surface area (Å²) in [5.41, 5.74) is 0.934. The number of nitrogens with zero attached hydrogens (tertiary/aromatic N) is 2. The zero-order valence-corrected chi connectivity index (χ0v) is 12.6. The predicted molar refractivity (Wildman–Crippen MR) is 74.8 cm³/mol. The first-order valence-electron chi connectivity index (χ1n) is 6.53. The minimum atomic E-state index is -0.105. The Morgan fingerprint density at radius 1 is 1.32 bits per heavy atom. The number of hydrogen-bond acceptors (Lipinski definition) is 5. The number of methoxy groups -OCH3 is 2. The largest absolute Gasteiger partial charge is 0.383 e. The zero-order chi connectivity index (χ0) is 14.3. The first-order chi connectivity index (χ1) is 8.99. The van der Waals surface area contributed by atoms with Crippen molar-refractivity contribution >= 4 is 0 Å². The minimum Gasteiger partial charge on any atom is -0.383 e. The molecule has 0 aliphatic carbocycles. The molecular formula is C14H25N3O2. The van der Waals surface area contributed by atoms with Crippen LogP contribution in [0.2, 0.25) is 0 Å². The number of nitrogens with one attached hydrogen (secondary N) is 1. The Labute approximate surface area is 115 Å². The molecule has 0 bridgehead atoms. The molecule has 0 saturated carbocycles. The lowest BCUT2D eigenvalue weighted by Gasteiger charge is -2.28. The molecule has 0 amide bonds. The average molecular weight is 267 g/mol. The third kappa shape index (κ3) is 5.22. The van der Waals surface area contributed by atoms with Crippen molar-refractivity contribution in [1.82, 2.24) is 15.3 Å². The molecule has 0 aromatic carbocycles. The van der Waals surface area contributed by atoms with Crippen LogP contribution >= 0.6 is 0 Å².